The molecule has 3 N–H and O–H groups in total. The molecule has 0 saturated heterocycles. The molecule has 21 heavy (non-hydrogen) atoms. The van der Waals surface area contributed by atoms with Crippen LogP contribution in [-0.2, 0) is 6.54 Å². The van der Waals surface area contributed by atoms with Crippen LogP contribution in [-0.4, -0.2) is 22.1 Å². The van der Waals surface area contributed by atoms with E-state index in [4.69, 9.17) is 16.7 Å². The number of aromatic nitrogens is 1. The molecule has 0 bridgehead atoms. The Morgan fingerprint density at radius 2 is 2.19 bits per heavy atom. The third-order valence-electron chi connectivity index (χ3n) is 2.54. The number of rotatable bonds is 4. The van der Waals surface area contributed by atoms with Crippen LogP contribution in [0.5, 0.6) is 0 Å². The van der Waals surface area contributed by atoms with E-state index in [-0.39, 0.29) is 12.2 Å². The lowest BCUT2D eigenvalue weighted by Gasteiger charge is -2.08. The highest BCUT2D eigenvalue weighted by atomic mass is 35.5. The number of amides is 2. The fourth-order valence-electron chi connectivity index (χ4n) is 1.55. The standard InChI is InChI=1S/C13H12ClN3O3S/c1-7-2-3-8(14)9(4-7)17-13(20)15-5-11-16-10(6-21-11)12(18)19/h2-4,6H,5H2,1H3,(H,18,19)(H2,15,17,20). The summed E-state index contributed by atoms with van der Waals surface area (Å²) >= 11 is 7.15. The molecule has 0 saturated carbocycles. The molecule has 2 aromatic rings. The van der Waals surface area contributed by atoms with Gasteiger partial charge < -0.3 is 15.7 Å². The number of benzene rings is 1. The van der Waals surface area contributed by atoms with E-state index in [1.165, 1.54) is 16.7 Å². The molecule has 0 spiro atoms. The Morgan fingerprint density at radius 1 is 1.43 bits per heavy atom. The van der Waals surface area contributed by atoms with E-state index >= 15 is 0 Å². The number of hydrogen-bond acceptors (Lipinski definition) is 4. The van der Waals surface area contributed by atoms with E-state index in [0.29, 0.717) is 15.7 Å². The highest BCUT2D eigenvalue weighted by molar-refractivity contribution is 7.09. The van der Waals surface area contributed by atoms with Crippen molar-refractivity contribution < 1.29 is 14.7 Å². The first-order valence-corrected chi connectivity index (χ1v) is 7.20. The number of carbonyl (C=O) groups is 2. The molecule has 110 valence electrons. The van der Waals surface area contributed by atoms with Crippen molar-refractivity contribution in [2.24, 2.45) is 0 Å². The van der Waals surface area contributed by atoms with Crippen LogP contribution in [0.25, 0.3) is 0 Å². The summed E-state index contributed by atoms with van der Waals surface area (Å²) in [6, 6.07) is 4.86. The topological polar surface area (TPSA) is 91.3 Å². The quantitative estimate of drug-likeness (QED) is 0.805. The Labute approximate surface area is 129 Å². The Morgan fingerprint density at radius 3 is 2.86 bits per heavy atom. The summed E-state index contributed by atoms with van der Waals surface area (Å²) in [5.41, 5.74) is 1.46. The number of urea groups is 1. The van der Waals surface area contributed by atoms with Crippen molar-refractivity contribution in [3.63, 3.8) is 0 Å². The van der Waals surface area contributed by atoms with Crippen LogP contribution < -0.4 is 10.6 Å². The predicted molar refractivity (Wildman–Crippen MR) is 81.1 cm³/mol. The molecular weight excluding hydrogens is 314 g/mol. The Hall–Kier alpha value is -2.12. The zero-order valence-electron chi connectivity index (χ0n) is 11.0. The second-order valence-electron chi connectivity index (χ2n) is 4.22. The van der Waals surface area contributed by atoms with Gasteiger partial charge in [0.2, 0.25) is 0 Å². The van der Waals surface area contributed by atoms with Crippen molar-refractivity contribution in [2.45, 2.75) is 13.5 Å². The van der Waals surface area contributed by atoms with Crippen LogP contribution >= 0.6 is 22.9 Å². The van der Waals surface area contributed by atoms with Gasteiger partial charge in [-0.15, -0.1) is 11.3 Å². The zero-order chi connectivity index (χ0) is 15.4. The third kappa shape index (κ3) is 4.17. The van der Waals surface area contributed by atoms with Gasteiger partial charge in [0.15, 0.2) is 5.69 Å². The molecule has 0 atom stereocenters. The average Bonchev–Trinajstić information content (AvgIpc) is 2.90. The van der Waals surface area contributed by atoms with Crippen LogP contribution in [0.2, 0.25) is 5.02 Å². The van der Waals surface area contributed by atoms with E-state index in [1.54, 1.807) is 12.1 Å². The lowest BCUT2D eigenvalue weighted by molar-refractivity contribution is 0.0691. The monoisotopic (exact) mass is 325 g/mol. The number of hydrogen-bond donors (Lipinski definition) is 3. The predicted octanol–water partition coefficient (Wildman–Crippen LogP) is 3.12. The van der Waals surface area contributed by atoms with Crippen molar-refractivity contribution in [1.82, 2.24) is 10.3 Å². The van der Waals surface area contributed by atoms with E-state index in [2.05, 4.69) is 15.6 Å². The minimum absolute atomic E-state index is 0.0288. The van der Waals surface area contributed by atoms with Crippen molar-refractivity contribution in [3.8, 4) is 0 Å². The third-order valence-corrected chi connectivity index (χ3v) is 3.72. The average molecular weight is 326 g/mol. The van der Waals surface area contributed by atoms with Crippen molar-refractivity contribution in [3.05, 3.63) is 44.9 Å². The first-order valence-electron chi connectivity index (χ1n) is 5.94. The highest BCUT2D eigenvalue weighted by Crippen LogP contribution is 2.22. The molecule has 1 heterocycles. The molecule has 0 aliphatic heterocycles. The van der Waals surface area contributed by atoms with Crippen molar-refractivity contribution in [2.75, 3.05) is 5.32 Å². The number of halogens is 1. The van der Waals surface area contributed by atoms with E-state index in [1.807, 2.05) is 13.0 Å². The van der Waals surface area contributed by atoms with Gasteiger partial charge in [0, 0.05) is 5.38 Å². The Bertz CT molecular complexity index is 687. The number of nitrogens with one attached hydrogen (secondary N) is 2. The van der Waals surface area contributed by atoms with Crippen LogP contribution in [0.15, 0.2) is 23.6 Å². The number of aryl methyl sites for hydroxylation is 1. The zero-order valence-corrected chi connectivity index (χ0v) is 12.6. The molecular formula is C13H12ClN3O3S. The molecule has 0 fully saturated rings. The lowest BCUT2D eigenvalue weighted by atomic mass is 10.2. The van der Waals surface area contributed by atoms with Gasteiger partial charge in [-0.05, 0) is 24.6 Å². The van der Waals surface area contributed by atoms with Crippen LogP contribution in [0.1, 0.15) is 21.1 Å². The summed E-state index contributed by atoms with van der Waals surface area (Å²) in [6.45, 7) is 2.04. The molecule has 2 amide bonds. The highest BCUT2D eigenvalue weighted by Gasteiger charge is 2.10. The van der Waals surface area contributed by atoms with E-state index in [9.17, 15) is 9.59 Å². The van der Waals surface area contributed by atoms with E-state index in [0.717, 1.165) is 5.56 Å². The molecule has 1 aromatic carbocycles. The maximum Gasteiger partial charge on any atom is 0.355 e. The van der Waals surface area contributed by atoms with Crippen LogP contribution in [0.4, 0.5) is 10.5 Å². The van der Waals surface area contributed by atoms with Gasteiger partial charge in [-0.1, -0.05) is 17.7 Å². The normalized spacial score (nSPS) is 10.2. The molecule has 8 heteroatoms. The maximum atomic E-state index is 11.8. The molecule has 0 unspecified atom stereocenters. The maximum absolute atomic E-state index is 11.8. The Kier molecular flexibility index (Phi) is 4.77. The first-order chi connectivity index (χ1) is 9.95. The van der Waals surface area contributed by atoms with Crippen LogP contribution in [0.3, 0.4) is 0 Å². The van der Waals surface area contributed by atoms with E-state index < -0.39 is 12.0 Å². The minimum atomic E-state index is -1.09. The van der Waals surface area contributed by atoms with Gasteiger partial charge in [0.05, 0.1) is 17.3 Å². The summed E-state index contributed by atoms with van der Waals surface area (Å²) in [5, 5.41) is 16.4. The Balaban J connectivity index is 1.92. The molecule has 0 aliphatic rings. The number of nitrogens with zero attached hydrogens (tertiary/aromatic N) is 1. The van der Waals surface area contributed by atoms with Gasteiger partial charge in [-0.3, -0.25) is 0 Å². The summed E-state index contributed by atoms with van der Waals surface area (Å²) < 4.78 is 0. The summed E-state index contributed by atoms with van der Waals surface area (Å²) in [7, 11) is 0. The molecule has 6 nitrogen and oxygen atoms in total. The second-order valence-corrected chi connectivity index (χ2v) is 5.57. The van der Waals surface area contributed by atoms with Gasteiger partial charge in [0.1, 0.15) is 5.01 Å². The summed E-state index contributed by atoms with van der Waals surface area (Å²) in [6.07, 6.45) is 0. The second kappa shape index (κ2) is 6.55. The summed E-state index contributed by atoms with van der Waals surface area (Å²) in [5.74, 6) is -1.09. The number of carbonyl (C=O) groups excluding carboxylic acids is 1. The fourth-order valence-corrected chi connectivity index (χ4v) is 2.42. The molecule has 0 aliphatic carbocycles. The largest absolute Gasteiger partial charge is 0.476 e. The van der Waals surface area contributed by atoms with Crippen molar-refractivity contribution in [1.29, 1.82) is 0 Å². The van der Waals surface area contributed by atoms with Gasteiger partial charge in [-0.2, -0.15) is 0 Å². The minimum Gasteiger partial charge on any atom is -0.476 e. The number of thiazole rings is 1. The first kappa shape index (κ1) is 15.3. The van der Waals surface area contributed by atoms with Crippen LogP contribution in [0, 0.1) is 6.92 Å². The molecule has 2 rings (SSSR count). The van der Waals surface area contributed by atoms with Crippen molar-refractivity contribution >= 4 is 40.6 Å². The van der Waals surface area contributed by atoms with Gasteiger partial charge in [-0.25, -0.2) is 14.6 Å². The van der Waals surface area contributed by atoms with Gasteiger partial charge >= 0.3 is 12.0 Å². The lowest BCUT2D eigenvalue weighted by Crippen LogP contribution is -2.28. The smallest absolute Gasteiger partial charge is 0.355 e. The number of aromatic carboxylic acids is 1. The molecule has 1 aromatic heterocycles. The van der Waals surface area contributed by atoms with Gasteiger partial charge in [0.25, 0.3) is 0 Å². The summed E-state index contributed by atoms with van der Waals surface area (Å²) in [4.78, 5) is 26.3. The number of carboxylic acid groups (broad SMARTS) is 1. The number of anilines is 1. The molecule has 0 radical (unpaired) electrons. The SMILES string of the molecule is Cc1ccc(Cl)c(NC(=O)NCc2nc(C(=O)O)cs2)c1. The fraction of sp³-hybridized carbons (Fsp3) is 0.154. The number of carboxylic acids is 1.